The number of H-pyrrole nitrogens is 1. The quantitative estimate of drug-likeness (QED) is 0.536. The van der Waals surface area contributed by atoms with Crippen molar-refractivity contribution in [1.82, 2.24) is 15.2 Å². The summed E-state index contributed by atoms with van der Waals surface area (Å²) in [5.41, 5.74) is 0.853. The SMILES string of the molecule is Cc1cc(Nc2ccc(S(=O)(=O)c3ccccc3)c(N(C)CCS(C)(=O)=O)n2)n[nH]1. The molecule has 0 saturated heterocycles. The molecule has 30 heavy (non-hydrogen) atoms. The summed E-state index contributed by atoms with van der Waals surface area (Å²) in [6.45, 7) is 1.94. The van der Waals surface area contributed by atoms with E-state index in [9.17, 15) is 16.8 Å². The monoisotopic (exact) mass is 449 g/mol. The molecule has 0 unspecified atom stereocenters. The van der Waals surface area contributed by atoms with Crippen LogP contribution in [0.25, 0.3) is 0 Å². The number of hydrogen-bond acceptors (Lipinski definition) is 8. The third kappa shape index (κ3) is 5.16. The van der Waals surface area contributed by atoms with E-state index < -0.39 is 19.7 Å². The van der Waals surface area contributed by atoms with Crippen LogP contribution in [-0.4, -0.2) is 57.6 Å². The van der Waals surface area contributed by atoms with Crippen molar-refractivity contribution < 1.29 is 16.8 Å². The Morgan fingerprint density at radius 2 is 1.73 bits per heavy atom. The van der Waals surface area contributed by atoms with Gasteiger partial charge in [-0.25, -0.2) is 21.8 Å². The van der Waals surface area contributed by atoms with Gasteiger partial charge in [-0.1, -0.05) is 18.2 Å². The van der Waals surface area contributed by atoms with Crippen LogP contribution in [0.4, 0.5) is 17.5 Å². The number of aromatic amines is 1. The van der Waals surface area contributed by atoms with E-state index in [0.717, 1.165) is 11.9 Å². The van der Waals surface area contributed by atoms with Crippen LogP contribution in [0.1, 0.15) is 5.69 Å². The number of aryl methyl sites for hydroxylation is 1. The third-order valence-corrected chi connectivity index (χ3v) is 7.02. The van der Waals surface area contributed by atoms with E-state index in [0.29, 0.717) is 11.6 Å². The van der Waals surface area contributed by atoms with Gasteiger partial charge in [-0.2, -0.15) is 5.10 Å². The van der Waals surface area contributed by atoms with Gasteiger partial charge in [0, 0.05) is 31.6 Å². The van der Waals surface area contributed by atoms with Crippen molar-refractivity contribution in [2.45, 2.75) is 16.7 Å². The molecule has 2 aromatic heterocycles. The fourth-order valence-corrected chi connectivity index (χ4v) is 4.80. The number of anilines is 3. The van der Waals surface area contributed by atoms with Gasteiger partial charge in [0.2, 0.25) is 9.84 Å². The van der Waals surface area contributed by atoms with Crippen LogP contribution in [0, 0.1) is 6.92 Å². The number of hydrogen-bond donors (Lipinski definition) is 2. The Bertz CT molecular complexity index is 1240. The molecule has 0 amide bonds. The van der Waals surface area contributed by atoms with E-state index in [1.807, 2.05) is 6.92 Å². The summed E-state index contributed by atoms with van der Waals surface area (Å²) < 4.78 is 49.6. The maximum atomic E-state index is 13.2. The summed E-state index contributed by atoms with van der Waals surface area (Å²) in [7, 11) is -5.48. The Kier molecular flexibility index (Phi) is 6.13. The maximum absolute atomic E-state index is 13.2. The Hall–Kier alpha value is -2.92. The van der Waals surface area contributed by atoms with E-state index in [4.69, 9.17) is 0 Å². The molecule has 0 spiro atoms. The first-order valence-corrected chi connectivity index (χ1v) is 12.6. The molecule has 9 nitrogen and oxygen atoms in total. The summed E-state index contributed by atoms with van der Waals surface area (Å²) in [6, 6.07) is 12.8. The number of sulfone groups is 2. The molecule has 0 radical (unpaired) electrons. The number of nitrogens with one attached hydrogen (secondary N) is 2. The second-order valence-electron chi connectivity index (χ2n) is 6.95. The smallest absolute Gasteiger partial charge is 0.210 e. The predicted octanol–water partition coefficient (Wildman–Crippen LogP) is 2.17. The summed E-state index contributed by atoms with van der Waals surface area (Å²) in [4.78, 5) is 6.11. The molecule has 11 heteroatoms. The molecule has 1 aromatic carbocycles. The van der Waals surface area contributed by atoms with Gasteiger partial charge < -0.3 is 10.2 Å². The maximum Gasteiger partial charge on any atom is 0.210 e. The molecule has 0 aliphatic carbocycles. The molecule has 2 heterocycles. The average Bonchev–Trinajstić information content (AvgIpc) is 3.10. The molecule has 0 saturated carbocycles. The van der Waals surface area contributed by atoms with Crippen LogP contribution in [0.2, 0.25) is 0 Å². The topological polar surface area (TPSA) is 125 Å². The van der Waals surface area contributed by atoms with Crippen molar-refractivity contribution in [1.29, 1.82) is 0 Å². The summed E-state index contributed by atoms with van der Waals surface area (Å²) >= 11 is 0. The van der Waals surface area contributed by atoms with Gasteiger partial charge in [0.05, 0.1) is 10.6 Å². The van der Waals surface area contributed by atoms with Gasteiger partial charge in [-0.05, 0) is 31.2 Å². The molecule has 0 bridgehead atoms. The second-order valence-corrected chi connectivity index (χ2v) is 11.1. The molecular formula is C19H23N5O4S2. The summed E-state index contributed by atoms with van der Waals surface area (Å²) in [5.74, 6) is 0.935. The lowest BCUT2D eigenvalue weighted by Gasteiger charge is -2.21. The number of pyridine rings is 1. The number of nitrogens with zero attached hydrogens (tertiary/aromatic N) is 3. The first kappa shape index (κ1) is 21.8. The van der Waals surface area contributed by atoms with E-state index in [1.54, 1.807) is 37.4 Å². The van der Waals surface area contributed by atoms with E-state index in [-0.39, 0.29) is 27.9 Å². The van der Waals surface area contributed by atoms with Crippen LogP contribution in [-0.2, 0) is 19.7 Å². The zero-order valence-electron chi connectivity index (χ0n) is 16.8. The van der Waals surface area contributed by atoms with E-state index >= 15 is 0 Å². The van der Waals surface area contributed by atoms with Crippen LogP contribution in [0.15, 0.2) is 58.3 Å². The molecule has 3 rings (SSSR count). The third-order valence-electron chi connectivity index (χ3n) is 4.30. The largest absolute Gasteiger partial charge is 0.357 e. The second kappa shape index (κ2) is 8.44. The zero-order chi connectivity index (χ0) is 21.9. The Labute approximate surface area is 176 Å². The predicted molar refractivity (Wildman–Crippen MR) is 116 cm³/mol. The van der Waals surface area contributed by atoms with Gasteiger partial charge in [-0.15, -0.1) is 0 Å². The molecule has 160 valence electrons. The van der Waals surface area contributed by atoms with Crippen LogP contribution in [0.3, 0.4) is 0 Å². The summed E-state index contributed by atoms with van der Waals surface area (Å²) in [6.07, 6.45) is 1.13. The lowest BCUT2D eigenvalue weighted by atomic mass is 10.4. The van der Waals surface area contributed by atoms with Crippen molar-refractivity contribution in [3.63, 3.8) is 0 Å². The Morgan fingerprint density at radius 1 is 1.03 bits per heavy atom. The fraction of sp³-hybridized carbons (Fsp3) is 0.263. The lowest BCUT2D eigenvalue weighted by molar-refractivity contribution is 0.595. The van der Waals surface area contributed by atoms with Gasteiger partial charge >= 0.3 is 0 Å². The highest BCUT2D eigenvalue weighted by molar-refractivity contribution is 7.91. The molecule has 0 aliphatic heterocycles. The molecule has 3 aromatic rings. The first-order chi connectivity index (χ1) is 14.1. The minimum absolute atomic E-state index is 0.00606. The molecular weight excluding hydrogens is 426 g/mol. The highest BCUT2D eigenvalue weighted by atomic mass is 32.2. The minimum atomic E-state index is -3.86. The number of benzene rings is 1. The van der Waals surface area contributed by atoms with E-state index in [1.165, 1.54) is 23.1 Å². The van der Waals surface area contributed by atoms with Gasteiger partial charge in [0.1, 0.15) is 26.4 Å². The lowest BCUT2D eigenvalue weighted by Crippen LogP contribution is -2.27. The normalized spacial score (nSPS) is 12.0. The van der Waals surface area contributed by atoms with Gasteiger partial charge in [0.15, 0.2) is 5.82 Å². The fourth-order valence-electron chi connectivity index (χ4n) is 2.74. The van der Waals surface area contributed by atoms with Crippen molar-refractivity contribution in [3.8, 4) is 0 Å². The zero-order valence-corrected chi connectivity index (χ0v) is 18.5. The van der Waals surface area contributed by atoms with Crippen molar-refractivity contribution in [3.05, 3.63) is 54.2 Å². The van der Waals surface area contributed by atoms with Crippen LogP contribution >= 0.6 is 0 Å². The molecule has 2 N–H and O–H groups in total. The van der Waals surface area contributed by atoms with Crippen molar-refractivity contribution in [2.24, 2.45) is 0 Å². The highest BCUT2D eigenvalue weighted by Gasteiger charge is 2.25. The van der Waals surface area contributed by atoms with Crippen molar-refractivity contribution >= 4 is 37.1 Å². The first-order valence-electron chi connectivity index (χ1n) is 9.05. The Morgan fingerprint density at radius 3 is 2.33 bits per heavy atom. The molecule has 0 fully saturated rings. The minimum Gasteiger partial charge on any atom is -0.357 e. The highest BCUT2D eigenvalue weighted by Crippen LogP contribution is 2.30. The van der Waals surface area contributed by atoms with Crippen molar-refractivity contribution in [2.75, 3.05) is 35.8 Å². The summed E-state index contributed by atoms with van der Waals surface area (Å²) in [5, 5.41) is 9.91. The van der Waals surface area contributed by atoms with Gasteiger partial charge in [-0.3, -0.25) is 5.10 Å². The van der Waals surface area contributed by atoms with E-state index in [2.05, 4.69) is 20.5 Å². The van der Waals surface area contributed by atoms with Crippen LogP contribution < -0.4 is 10.2 Å². The van der Waals surface area contributed by atoms with Crippen LogP contribution in [0.5, 0.6) is 0 Å². The van der Waals surface area contributed by atoms with Gasteiger partial charge in [0.25, 0.3) is 0 Å². The number of rotatable bonds is 8. The Balaban J connectivity index is 2.04. The average molecular weight is 450 g/mol. The molecule has 0 atom stereocenters. The number of aromatic nitrogens is 3. The molecule has 0 aliphatic rings. The standard InChI is InChI=1S/C19H23N5O4S2/c1-14-13-18(23-22-14)20-17-10-9-16(30(27,28)15-7-5-4-6-8-15)19(21-17)24(2)11-12-29(3,25)26/h4-10,13H,11-12H2,1-3H3,(H2,20,21,22,23).